The molecule has 1 atom stereocenters. The molecule has 0 aliphatic carbocycles. The van der Waals surface area contributed by atoms with Crippen LogP contribution in [0.5, 0.6) is 0 Å². The summed E-state index contributed by atoms with van der Waals surface area (Å²) in [6.45, 7) is 4.79. The van der Waals surface area contributed by atoms with Gasteiger partial charge in [-0.1, -0.05) is 18.2 Å². The van der Waals surface area contributed by atoms with Gasteiger partial charge in [-0.05, 0) is 31.4 Å². The van der Waals surface area contributed by atoms with E-state index in [1.807, 2.05) is 32.0 Å². The van der Waals surface area contributed by atoms with E-state index < -0.39 is 5.54 Å². The standard InChI is InChI=1S/C13H18N2O2/c1-9-4-3-5-10(2)11(9)15-12(16)13(14)6-7-17-8-13/h3-5H,6-8,14H2,1-2H3,(H,15,16). The minimum atomic E-state index is -0.880. The first-order valence-electron chi connectivity index (χ1n) is 5.77. The zero-order valence-electron chi connectivity index (χ0n) is 10.2. The van der Waals surface area contributed by atoms with Crippen LogP contribution in [0.3, 0.4) is 0 Å². The van der Waals surface area contributed by atoms with Crippen LogP contribution in [0.2, 0.25) is 0 Å². The molecule has 92 valence electrons. The highest BCUT2D eigenvalue weighted by Gasteiger charge is 2.38. The number of benzene rings is 1. The maximum atomic E-state index is 12.1. The van der Waals surface area contributed by atoms with Gasteiger partial charge in [0.05, 0.1) is 6.61 Å². The molecule has 17 heavy (non-hydrogen) atoms. The van der Waals surface area contributed by atoms with Crippen LogP contribution in [-0.4, -0.2) is 24.7 Å². The molecule has 2 rings (SSSR count). The van der Waals surface area contributed by atoms with E-state index in [0.29, 0.717) is 19.6 Å². The molecule has 1 unspecified atom stereocenters. The molecular formula is C13H18N2O2. The van der Waals surface area contributed by atoms with Gasteiger partial charge in [-0.25, -0.2) is 0 Å². The van der Waals surface area contributed by atoms with E-state index >= 15 is 0 Å². The number of anilines is 1. The number of carbonyl (C=O) groups is 1. The largest absolute Gasteiger partial charge is 0.379 e. The number of para-hydroxylation sites is 1. The van der Waals surface area contributed by atoms with E-state index in [1.54, 1.807) is 0 Å². The molecule has 1 heterocycles. The van der Waals surface area contributed by atoms with Crippen LogP contribution < -0.4 is 11.1 Å². The topological polar surface area (TPSA) is 64.4 Å². The van der Waals surface area contributed by atoms with Crippen molar-refractivity contribution in [3.63, 3.8) is 0 Å². The van der Waals surface area contributed by atoms with Crippen molar-refractivity contribution in [3.05, 3.63) is 29.3 Å². The summed E-state index contributed by atoms with van der Waals surface area (Å²) >= 11 is 0. The molecule has 1 aliphatic heterocycles. The third-order valence-corrected chi connectivity index (χ3v) is 3.22. The predicted octanol–water partition coefficient (Wildman–Crippen LogP) is 1.36. The van der Waals surface area contributed by atoms with Crippen molar-refractivity contribution in [3.8, 4) is 0 Å². The van der Waals surface area contributed by atoms with Crippen molar-refractivity contribution >= 4 is 11.6 Å². The number of amides is 1. The minimum Gasteiger partial charge on any atom is -0.379 e. The summed E-state index contributed by atoms with van der Waals surface area (Å²) in [7, 11) is 0. The molecule has 1 fully saturated rings. The molecule has 1 aromatic rings. The van der Waals surface area contributed by atoms with Crippen LogP contribution in [0.25, 0.3) is 0 Å². The number of hydrogen-bond acceptors (Lipinski definition) is 3. The van der Waals surface area contributed by atoms with E-state index in [1.165, 1.54) is 0 Å². The van der Waals surface area contributed by atoms with Crippen molar-refractivity contribution in [1.29, 1.82) is 0 Å². The van der Waals surface area contributed by atoms with Gasteiger partial charge in [0.1, 0.15) is 5.54 Å². The van der Waals surface area contributed by atoms with Crippen LogP contribution in [-0.2, 0) is 9.53 Å². The molecule has 1 aromatic carbocycles. The molecular weight excluding hydrogens is 216 g/mol. The van der Waals surface area contributed by atoms with Gasteiger partial charge >= 0.3 is 0 Å². The third kappa shape index (κ3) is 2.33. The van der Waals surface area contributed by atoms with E-state index in [0.717, 1.165) is 16.8 Å². The minimum absolute atomic E-state index is 0.160. The Labute approximate surface area is 101 Å². The summed E-state index contributed by atoms with van der Waals surface area (Å²) in [4.78, 5) is 12.1. The number of carbonyl (C=O) groups excluding carboxylic acids is 1. The van der Waals surface area contributed by atoms with Gasteiger partial charge in [0.15, 0.2) is 0 Å². The quantitative estimate of drug-likeness (QED) is 0.812. The molecule has 0 radical (unpaired) electrons. The lowest BCUT2D eigenvalue weighted by molar-refractivity contribution is -0.121. The maximum Gasteiger partial charge on any atom is 0.246 e. The fourth-order valence-corrected chi connectivity index (χ4v) is 2.01. The number of hydrogen-bond donors (Lipinski definition) is 2. The first kappa shape index (κ1) is 12.1. The summed E-state index contributed by atoms with van der Waals surface area (Å²) in [5, 5.41) is 2.92. The molecule has 0 saturated carbocycles. The maximum absolute atomic E-state index is 12.1. The highest BCUT2D eigenvalue weighted by atomic mass is 16.5. The smallest absolute Gasteiger partial charge is 0.246 e. The van der Waals surface area contributed by atoms with Crippen molar-refractivity contribution in [2.75, 3.05) is 18.5 Å². The van der Waals surface area contributed by atoms with E-state index in [-0.39, 0.29) is 5.91 Å². The Hall–Kier alpha value is -1.39. The highest BCUT2D eigenvalue weighted by Crippen LogP contribution is 2.23. The fourth-order valence-electron chi connectivity index (χ4n) is 2.01. The second kappa shape index (κ2) is 4.47. The van der Waals surface area contributed by atoms with Gasteiger partial charge < -0.3 is 15.8 Å². The Kier molecular flexibility index (Phi) is 3.17. The van der Waals surface area contributed by atoms with Gasteiger partial charge in [-0.2, -0.15) is 0 Å². The molecule has 3 N–H and O–H groups in total. The average Bonchev–Trinajstić information content (AvgIpc) is 2.72. The first-order chi connectivity index (χ1) is 8.03. The Balaban J connectivity index is 2.18. The summed E-state index contributed by atoms with van der Waals surface area (Å²) in [5.74, 6) is -0.160. The second-order valence-corrected chi connectivity index (χ2v) is 4.68. The molecule has 4 heteroatoms. The molecule has 1 saturated heterocycles. The lowest BCUT2D eigenvalue weighted by Crippen LogP contribution is -2.51. The molecule has 4 nitrogen and oxygen atoms in total. The van der Waals surface area contributed by atoms with Gasteiger partial charge in [0.2, 0.25) is 5.91 Å². The number of ether oxygens (including phenoxy) is 1. The van der Waals surface area contributed by atoms with Crippen LogP contribution in [0.4, 0.5) is 5.69 Å². The Morgan fingerprint density at radius 1 is 1.41 bits per heavy atom. The molecule has 0 aromatic heterocycles. The molecule has 0 spiro atoms. The Bertz CT molecular complexity index is 417. The molecule has 1 amide bonds. The van der Waals surface area contributed by atoms with Crippen LogP contribution in [0, 0.1) is 13.8 Å². The first-order valence-corrected chi connectivity index (χ1v) is 5.77. The SMILES string of the molecule is Cc1cccc(C)c1NC(=O)C1(N)CCOC1. The summed E-state index contributed by atoms with van der Waals surface area (Å²) < 4.78 is 5.19. The molecule has 1 aliphatic rings. The number of aryl methyl sites for hydroxylation is 2. The zero-order valence-corrected chi connectivity index (χ0v) is 10.2. The lowest BCUT2D eigenvalue weighted by atomic mass is 9.98. The zero-order chi connectivity index (χ0) is 12.5. The number of nitrogens with one attached hydrogen (secondary N) is 1. The highest BCUT2D eigenvalue weighted by molar-refractivity contribution is 5.99. The Morgan fingerprint density at radius 3 is 2.59 bits per heavy atom. The van der Waals surface area contributed by atoms with E-state index in [9.17, 15) is 4.79 Å². The van der Waals surface area contributed by atoms with E-state index in [4.69, 9.17) is 10.5 Å². The second-order valence-electron chi connectivity index (χ2n) is 4.68. The Morgan fingerprint density at radius 2 is 2.06 bits per heavy atom. The van der Waals surface area contributed by atoms with Gasteiger partial charge in [-0.15, -0.1) is 0 Å². The molecule has 0 bridgehead atoms. The summed E-state index contributed by atoms with van der Waals surface area (Å²) in [5.41, 5.74) is 8.07. The predicted molar refractivity (Wildman–Crippen MR) is 66.9 cm³/mol. The average molecular weight is 234 g/mol. The van der Waals surface area contributed by atoms with Crippen molar-refractivity contribution in [2.24, 2.45) is 5.73 Å². The van der Waals surface area contributed by atoms with Crippen molar-refractivity contribution < 1.29 is 9.53 Å². The van der Waals surface area contributed by atoms with E-state index in [2.05, 4.69) is 5.32 Å². The van der Waals surface area contributed by atoms with Crippen LogP contribution >= 0.6 is 0 Å². The van der Waals surface area contributed by atoms with Crippen LogP contribution in [0.15, 0.2) is 18.2 Å². The summed E-state index contributed by atoms with van der Waals surface area (Å²) in [6.07, 6.45) is 0.573. The summed E-state index contributed by atoms with van der Waals surface area (Å²) in [6, 6.07) is 5.91. The third-order valence-electron chi connectivity index (χ3n) is 3.22. The van der Waals surface area contributed by atoms with Crippen LogP contribution in [0.1, 0.15) is 17.5 Å². The lowest BCUT2D eigenvalue weighted by Gasteiger charge is -2.22. The van der Waals surface area contributed by atoms with Crippen molar-refractivity contribution in [2.45, 2.75) is 25.8 Å². The van der Waals surface area contributed by atoms with Crippen molar-refractivity contribution in [1.82, 2.24) is 0 Å². The normalized spacial score (nSPS) is 23.7. The van der Waals surface area contributed by atoms with Gasteiger partial charge in [0, 0.05) is 12.3 Å². The number of rotatable bonds is 2. The van der Waals surface area contributed by atoms with Gasteiger partial charge in [0.25, 0.3) is 0 Å². The van der Waals surface area contributed by atoms with Gasteiger partial charge in [-0.3, -0.25) is 4.79 Å². The fraction of sp³-hybridized carbons (Fsp3) is 0.462. The monoisotopic (exact) mass is 234 g/mol. The number of nitrogens with two attached hydrogens (primary N) is 1.